The van der Waals surface area contributed by atoms with Crippen LogP contribution in [0.5, 0.6) is 11.5 Å². The van der Waals surface area contributed by atoms with E-state index in [1.807, 2.05) is 30.3 Å². The van der Waals surface area contributed by atoms with Crippen molar-refractivity contribution in [1.82, 2.24) is 15.3 Å². The molecule has 0 saturated carbocycles. The van der Waals surface area contributed by atoms with E-state index in [1.54, 1.807) is 39.3 Å². The Morgan fingerprint density at radius 3 is 2.50 bits per heavy atom. The van der Waals surface area contributed by atoms with E-state index in [1.165, 1.54) is 7.11 Å². The van der Waals surface area contributed by atoms with Gasteiger partial charge in [-0.25, -0.2) is 9.78 Å². The molecule has 164 valence electrons. The second-order valence-corrected chi connectivity index (χ2v) is 7.23. The van der Waals surface area contributed by atoms with Crippen LogP contribution in [-0.2, 0) is 9.53 Å². The van der Waals surface area contributed by atoms with Gasteiger partial charge >= 0.3 is 5.97 Å². The number of fused-ring (bicyclic) bond motifs is 3. The summed E-state index contributed by atoms with van der Waals surface area (Å²) in [5.74, 6) is 0.180. The first-order valence-electron chi connectivity index (χ1n) is 9.99. The van der Waals surface area contributed by atoms with Crippen LogP contribution >= 0.6 is 0 Å². The summed E-state index contributed by atoms with van der Waals surface area (Å²) in [6.07, 6.45) is 0. The lowest BCUT2D eigenvalue weighted by molar-refractivity contribution is -0.142. The van der Waals surface area contributed by atoms with Crippen molar-refractivity contribution in [2.45, 2.75) is 13.0 Å². The van der Waals surface area contributed by atoms with E-state index in [4.69, 9.17) is 14.2 Å². The number of methoxy groups -OCH3 is 3. The SMILES string of the molecule is COC(=O)[C@H](C)NC(=O)c1cc2c([nH]c3ccccc32)c(-c2cc(OC)ccc2OC)n1. The van der Waals surface area contributed by atoms with E-state index in [-0.39, 0.29) is 5.69 Å². The number of benzene rings is 2. The van der Waals surface area contributed by atoms with E-state index in [9.17, 15) is 9.59 Å². The maximum atomic E-state index is 13.0. The van der Waals surface area contributed by atoms with Crippen molar-refractivity contribution in [2.75, 3.05) is 21.3 Å². The molecule has 2 aromatic carbocycles. The lowest BCUT2D eigenvalue weighted by Crippen LogP contribution is -2.39. The van der Waals surface area contributed by atoms with Gasteiger partial charge in [-0.15, -0.1) is 0 Å². The summed E-state index contributed by atoms with van der Waals surface area (Å²) in [4.78, 5) is 32.8. The molecule has 8 heteroatoms. The fourth-order valence-corrected chi connectivity index (χ4v) is 3.66. The van der Waals surface area contributed by atoms with Crippen molar-refractivity contribution < 1.29 is 23.8 Å². The van der Waals surface area contributed by atoms with Gasteiger partial charge in [0.05, 0.1) is 32.5 Å². The highest BCUT2D eigenvalue weighted by Crippen LogP contribution is 2.38. The van der Waals surface area contributed by atoms with Crippen molar-refractivity contribution in [3.8, 4) is 22.8 Å². The maximum absolute atomic E-state index is 13.0. The number of rotatable bonds is 6. The number of amides is 1. The number of H-pyrrole nitrogens is 1. The van der Waals surface area contributed by atoms with Crippen molar-refractivity contribution in [3.63, 3.8) is 0 Å². The molecule has 0 radical (unpaired) electrons. The highest BCUT2D eigenvalue weighted by Gasteiger charge is 2.22. The predicted octanol–water partition coefficient (Wildman–Crippen LogP) is 3.69. The van der Waals surface area contributed by atoms with Gasteiger partial charge in [0.15, 0.2) is 0 Å². The normalized spacial score (nSPS) is 11.9. The molecule has 0 saturated heterocycles. The third-order valence-corrected chi connectivity index (χ3v) is 5.29. The highest BCUT2D eigenvalue weighted by molar-refractivity contribution is 6.13. The number of para-hydroxylation sites is 1. The van der Waals surface area contributed by atoms with Gasteiger partial charge in [0.25, 0.3) is 5.91 Å². The van der Waals surface area contributed by atoms with Crippen molar-refractivity contribution in [1.29, 1.82) is 0 Å². The van der Waals surface area contributed by atoms with Gasteiger partial charge in [-0.05, 0) is 37.3 Å². The Balaban J connectivity index is 1.96. The van der Waals surface area contributed by atoms with Crippen LogP contribution in [0.25, 0.3) is 33.1 Å². The Labute approximate surface area is 184 Å². The average Bonchev–Trinajstić information content (AvgIpc) is 3.21. The standard InChI is InChI=1S/C24H23N3O5/c1-13(24(29)32-4)25-23(28)19-12-16-15-7-5-6-8-18(15)26-21(16)22(27-19)17-11-14(30-2)9-10-20(17)31-3/h5-13,26H,1-4H3,(H,25,28)/t13-/m0/s1. The fraction of sp³-hybridized carbons (Fsp3) is 0.208. The average molecular weight is 433 g/mol. The van der Waals surface area contributed by atoms with E-state index in [2.05, 4.69) is 15.3 Å². The monoisotopic (exact) mass is 433 g/mol. The van der Waals surface area contributed by atoms with E-state index in [0.29, 0.717) is 22.8 Å². The molecular weight excluding hydrogens is 410 g/mol. The zero-order valence-corrected chi connectivity index (χ0v) is 18.2. The van der Waals surface area contributed by atoms with Crippen molar-refractivity contribution in [3.05, 3.63) is 54.2 Å². The van der Waals surface area contributed by atoms with Gasteiger partial charge in [-0.3, -0.25) is 4.79 Å². The molecule has 0 aliphatic heterocycles. The van der Waals surface area contributed by atoms with Crippen LogP contribution in [0.4, 0.5) is 0 Å². The zero-order valence-electron chi connectivity index (χ0n) is 18.2. The molecule has 0 aliphatic carbocycles. The predicted molar refractivity (Wildman–Crippen MR) is 121 cm³/mol. The number of aromatic nitrogens is 2. The molecule has 4 aromatic rings. The molecule has 1 amide bonds. The molecule has 2 aromatic heterocycles. The number of pyridine rings is 1. The number of nitrogens with zero attached hydrogens (tertiary/aromatic N) is 1. The first kappa shape index (κ1) is 21.2. The largest absolute Gasteiger partial charge is 0.497 e. The highest BCUT2D eigenvalue weighted by atomic mass is 16.5. The molecule has 0 aliphatic rings. The molecule has 8 nitrogen and oxygen atoms in total. The lowest BCUT2D eigenvalue weighted by Gasteiger charge is -2.14. The molecule has 4 rings (SSSR count). The molecule has 0 fully saturated rings. The summed E-state index contributed by atoms with van der Waals surface area (Å²) in [5, 5.41) is 4.41. The molecule has 0 unspecified atom stereocenters. The third kappa shape index (κ3) is 3.71. The Hall–Kier alpha value is -4.07. The summed E-state index contributed by atoms with van der Waals surface area (Å²) >= 11 is 0. The van der Waals surface area contributed by atoms with Gasteiger partial charge in [0, 0.05) is 21.9 Å². The van der Waals surface area contributed by atoms with Crippen LogP contribution in [0.15, 0.2) is 48.5 Å². The molecular formula is C24H23N3O5. The molecule has 2 N–H and O–H groups in total. The first-order valence-corrected chi connectivity index (χ1v) is 9.99. The minimum atomic E-state index is -0.817. The summed E-state index contributed by atoms with van der Waals surface area (Å²) in [6, 6.07) is 14.1. The van der Waals surface area contributed by atoms with Crippen molar-refractivity contribution in [2.24, 2.45) is 0 Å². The van der Waals surface area contributed by atoms with E-state index < -0.39 is 17.9 Å². The van der Waals surface area contributed by atoms with Gasteiger partial charge in [-0.2, -0.15) is 0 Å². The summed E-state index contributed by atoms with van der Waals surface area (Å²) in [6.45, 7) is 1.56. The van der Waals surface area contributed by atoms with Gasteiger partial charge in [-0.1, -0.05) is 18.2 Å². The number of hydrogen-bond acceptors (Lipinski definition) is 6. The number of hydrogen-bond donors (Lipinski definition) is 2. The number of carbonyl (C=O) groups excluding carboxylic acids is 2. The minimum absolute atomic E-state index is 0.165. The first-order chi connectivity index (χ1) is 15.5. The quantitative estimate of drug-likeness (QED) is 0.450. The topological polar surface area (TPSA) is 103 Å². The van der Waals surface area contributed by atoms with Gasteiger partial charge < -0.3 is 24.5 Å². The van der Waals surface area contributed by atoms with E-state index in [0.717, 1.165) is 21.8 Å². The molecule has 1 atom stereocenters. The fourth-order valence-electron chi connectivity index (χ4n) is 3.66. The third-order valence-electron chi connectivity index (χ3n) is 5.29. The summed E-state index contributed by atoms with van der Waals surface area (Å²) < 4.78 is 15.7. The zero-order chi connectivity index (χ0) is 22.8. The molecule has 32 heavy (non-hydrogen) atoms. The molecule has 2 heterocycles. The number of nitrogens with one attached hydrogen (secondary N) is 2. The smallest absolute Gasteiger partial charge is 0.328 e. The van der Waals surface area contributed by atoms with Crippen LogP contribution in [0.3, 0.4) is 0 Å². The second-order valence-electron chi connectivity index (χ2n) is 7.23. The number of aromatic amines is 1. The van der Waals surface area contributed by atoms with Crippen LogP contribution in [0, 0.1) is 0 Å². The Morgan fingerprint density at radius 2 is 1.78 bits per heavy atom. The summed E-state index contributed by atoms with van der Waals surface area (Å²) in [7, 11) is 4.42. The Bertz CT molecular complexity index is 1330. The van der Waals surface area contributed by atoms with Crippen LogP contribution in [-0.4, -0.2) is 49.2 Å². The maximum Gasteiger partial charge on any atom is 0.328 e. The number of esters is 1. The number of ether oxygens (including phenoxy) is 3. The van der Waals surface area contributed by atoms with E-state index >= 15 is 0 Å². The van der Waals surface area contributed by atoms with Crippen LogP contribution in [0.1, 0.15) is 17.4 Å². The van der Waals surface area contributed by atoms with Crippen molar-refractivity contribution >= 4 is 33.7 Å². The van der Waals surface area contributed by atoms with Crippen LogP contribution < -0.4 is 14.8 Å². The van der Waals surface area contributed by atoms with Gasteiger partial charge in [0.2, 0.25) is 0 Å². The van der Waals surface area contributed by atoms with Crippen LogP contribution in [0.2, 0.25) is 0 Å². The lowest BCUT2D eigenvalue weighted by atomic mass is 10.0. The second kappa shape index (κ2) is 8.58. The molecule has 0 bridgehead atoms. The minimum Gasteiger partial charge on any atom is -0.497 e. The summed E-state index contributed by atoms with van der Waals surface area (Å²) in [5.41, 5.74) is 3.03. The molecule has 0 spiro atoms. The number of carbonyl (C=O) groups is 2. The Morgan fingerprint density at radius 1 is 1.00 bits per heavy atom. The Kier molecular flexibility index (Phi) is 5.68. The van der Waals surface area contributed by atoms with Gasteiger partial charge in [0.1, 0.15) is 23.2 Å².